The zero-order chi connectivity index (χ0) is 7.72. The van der Waals surface area contributed by atoms with Gasteiger partial charge in [-0.15, -0.1) is 0 Å². The number of carbonyl (C=O) groups is 1. The molecule has 1 saturated heterocycles. The molecule has 1 aliphatic rings. The Kier molecular flexibility index (Phi) is 2.01. The molecule has 0 aliphatic carbocycles. The summed E-state index contributed by atoms with van der Waals surface area (Å²) in [5.74, 6) is -0.0347. The Balaban J connectivity index is 2.66. The third-order valence-electron chi connectivity index (χ3n) is 1.40. The average Bonchev–Trinajstić information content (AvgIpc) is 2.14. The summed E-state index contributed by atoms with van der Waals surface area (Å²) in [6.07, 6.45) is -0.472. The first-order valence-electron chi connectivity index (χ1n) is 3.00. The molecule has 0 N–H and O–H groups in total. The fourth-order valence-corrected chi connectivity index (χ4v) is 0.982. The molecule has 0 spiro atoms. The van der Waals surface area contributed by atoms with Crippen molar-refractivity contribution in [2.75, 3.05) is 13.8 Å². The van der Waals surface area contributed by atoms with Crippen molar-refractivity contribution in [2.24, 2.45) is 0 Å². The molecule has 1 fully saturated rings. The largest absolute Gasteiger partial charge is 0.343 e. The van der Waals surface area contributed by atoms with Gasteiger partial charge in [0.2, 0.25) is 0 Å². The predicted molar refractivity (Wildman–Crippen MR) is 40.8 cm³/mol. The first-order chi connectivity index (χ1) is 4.63. The highest BCUT2D eigenvalue weighted by Gasteiger charge is 2.30. The third-order valence-corrected chi connectivity index (χ3v) is 1.62. The molecule has 0 aromatic rings. The van der Waals surface area contributed by atoms with E-state index in [1.54, 1.807) is 14.0 Å². The van der Waals surface area contributed by atoms with E-state index in [-0.39, 0.29) is 5.91 Å². The monoisotopic (exact) mass is 159 g/mol. The van der Waals surface area contributed by atoms with Crippen LogP contribution in [0, 0.1) is 0 Å². The number of hydrogen-bond acceptors (Lipinski definition) is 3. The van der Waals surface area contributed by atoms with Gasteiger partial charge in [0, 0.05) is 11.9 Å². The van der Waals surface area contributed by atoms with Gasteiger partial charge in [-0.3, -0.25) is 4.79 Å². The van der Waals surface area contributed by atoms with Gasteiger partial charge in [-0.25, -0.2) is 0 Å². The van der Waals surface area contributed by atoms with Crippen LogP contribution in [0.5, 0.6) is 0 Å². The summed E-state index contributed by atoms with van der Waals surface area (Å²) < 4.78 is 5.07. The van der Waals surface area contributed by atoms with Crippen molar-refractivity contribution >= 4 is 23.0 Å². The van der Waals surface area contributed by atoms with E-state index in [1.165, 1.54) is 4.90 Å². The Hall–Kier alpha value is -0.480. The summed E-state index contributed by atoms with van der Waals surface area (Å²) in [4.78, 5) is 13.2. The van der Waals surface area contributed by atoms with E-state index in [0.717, 1.165) is 0 Å². The topological polar surface area (TPSA) is 29.5 Å². The highest BCUT2D eigenvalue weighted by molar-refractivity contribution is 7.80. The predicted octanol–water partition coefficient (Wildman–Crippen LogP) is 0.191. The van der Waals surface area contributed by atoms with Crippen molar-refractivity contribution in [2.45, 2.75) is 13.0 Å². The van der Waals surface area contributed by atoms with Crippen LogP contribution in [0.1, 0.15) is 6.92 Å². The Morgan fingerprint density at radius 2 is 2.50 bits per heavy atom. The molecular weight excluding hydrogens is 150 g/mol. The first kappa shape index (κ1) is 7.63. The van der Waals surface area contributed by atoms with Crippen molar-refractivity contribution in [3.63, 3.8) is 0 Å². The lowest BCUT2D eigenvalue weighted by Crippen LogP contribution is -2.29. The standard InChI is InChI=1S/C6H9NO2S/c1-4(10)5-6(8)7(2)3-9-5/h5H,3H2,1-2H3. The van der Waals surface area contributed by atoms with Crippen molar-refractivity contribution in [1.82, 2.24) is 4.90 Å². The van der Waals surface area contributed by atoms with Gasteiger partial charge in [-0.2, -0.15) is 0 Å². The van der Waals surface area contributed by atoms with Gasteiger partial charge < -0.3 is 9.64 Å². The highest BCUT2D eigenvalue weighted by atomic mass is 32.1. The Morgan fingerprint density at radius 3 is 2.70 bits per heavy atom. The molecule has 1 unspecified atom stereocenters. The summed E-state index contributed by atoms with van der Waals surface area (Å²) >= 11 is 4.81. The first-order valence-corrected chi connectivity index (χ1v) is 3.41. The zero-order valence-corrected chi connectivity index (χ0v) is 6.77. The molecule has 1 amide bonds. The van der Waals surface area contributed by atoms with Crippen LogP contribution < -0.4 is 0 Å². The van der Waals surface area contributed by atoms with Crippen LogP contribution in [0.2, 0.25) is 0 Å². The highest BCUT2D eigenvalue weighted by Crippen LogP contribution is 2.08. The van der Waals surface area contributed by atoms with Crippen LogP contribution in [-0.4, -0.2) is 35.6 Å². The minimum Gasteiger partial charge on any atom is -0.343 e. The van der Waals surface area contributed by atoms with Crippen LogP contribution in [0.15, 0.2) is 0 Å². The number of hydrogen-bond donors (Lipinski definition) is 0. The van der Waals surface area contributed by atoms with Crippen LogP contribution >= 0.6 is 12.2 Å². The van der Waals surface area contributed by atoms with Crippen LogP contribution in [-0.2, 0) is 9.53 Å². The van der Waals surface area contributed by atoms with Crippen molar-refractivity contribution in [3.8, 4) is 0 Å². The smallest absolute Gasteiger partial charge is 0.258 e. The number of ether oxygens (including phenoxy) is 1. The van der Waals surface area contributed by atoms with E-state index in [1.807, 2.05) is 0 Å². The summed E-state index contributed by atoms with van der Waals surface area (Å²) in [5.41, 5.74) is 0. The van der Waals surface area contributed by atoms with Crippen LogP contribution in [0.4, 0.5) is 0 Å². The van der Waals surface area contributed by atoms with E-state index >= 15 is 0 Å². The number of likely N-dealkylation sites (N-methyl/N-ethyl adjacent to an activating group) is 1. The average molecular weight is 159 g/mol. The Labute approximate surface area is 65.0 Å². The lowest BCUT2D eigenvalue weighted by atomic mass is 10.2. The van der Waals surface area contributed by atoms with Gasteiger partial charge in [0.15, 0.2) is 6.10 Å². The lowest BCUT2D eigenvalue weighted by molar-refractivity contribution is -0.127. The van der Waals surface area contributed by atoms with E-state index in [9.17, 15) is 4.79 Å². The minimum absolute atomic E-state index is 0.0347. The maximum absolute atomic E-state index is 11.1. The second-order valence-electron chi connectivity index (χ2n) is 2.32. The molecule has 0 bridgehead atoms. The van der Waals surface area contributed by atoms with Gasteiger partial charge in [0.1, 0.15) is 6.73 Å². The molecule has 0 aromatic heterocycles. The fourth-order valence-electron chi connectivity index (χ4n) is 0.813. The van der Waals surface area contributed by atoms with Crippen LogP contribution in [0.25, 0.3) is 0 Å². The van der Waals surface area contributed by atoms with E-state index in [4.69, 9.17) is 17.0 Å². The number of amides is 1. The molecule has 56 valence electrons. The third kappa shape index (κ3) is 1.17. The number of carbonyl (C=O) groups excluding carboxylic acids is 1. The van der Waals surface area contributed by atoms with Crippen molar-refractivity contribution in [3.05, 3.63) is 0 Å². The summed E-state index contributed by atoms with van der Waals surface area (Å²) in [6, 6.07) is 0. The molecule has 1 atom stereocenters. The van der Waals surface area contributed by atoms with Gasteiger partial charge in [0.05, 0.1) is 0 Å². The van der Waals surface area contributed by atoms with E-state index < -0.39 is 6.10 Å². The number of thiocarbonyl (C=S) groups is 1. The van der Waals surface area contributed by atoms with Gasteiger partial charge >= 0.3 is 0 Å². The molecule has 0 radical (unpaired) electrons. The zero-order valence-electron chi connectivity index (χ0n) is 5.96. The quantitative estimate of drug-likeness (QED) is 0.511. The molecule has 1 heterocycles. The molecule has 4 heteroatoms. The van der Waals surface area contributed by atoms with E-state index in [2.05, 4.69) is 0 Å². The second-order valence-corrected chi connectivity index (χ2v) is 2.97. The summed E-state index contributed by atoms with van der Waals surface area (Å²) in [6.45, 7) is 2.08. The summed E-state index contributed by atoms with van der Waals surface area (Å²) in [7, 11) is 1.70. The Bertz CT molecular complexity index is 181. The fraction of sp³-hybridized carbons (Fsp3) is 0.667. The van der Waals surface area contributed by atoms with Gasteiger partial charge in [-0.1, -0.05) is 12.2 Å². The molecule has 0 saturated carbocycles. The molecule has 0 aromatic carbocycles. The maximum Gasteiger partial charge on any atom is 0.258 e. The normalized spacial score (nSPS) is 25.6. The number of nitrogens with zero attached hydrogens (tertiary/aromatic N) is 1. The maximum atomic E-state index is 11.1. The van der Waals surface area contributed by atoms with E-state index in [0.29, 0.717) is 11.6 Å². The minimum atomic E-state index is -0.472. The van der Waals surface area contributed by atoms with Gasteiger partial charge in [-0.05, 0) is 6.92 Å². The Morgan fingerprint density at radius 1 is 1.90 bits per heavy atom. The molecule has 1 aliphatic heterocycles. The lowest BCUT2D eigenvalue weighted by Gasteiger charge is -2.04. The summed E-state index contributed by atoms with van der Waals surface area (Å²) in [5, 5.41) is 0. The van der Waals surface area contributed by atoms with Crippen molar-refractivity contribution < 1.29 is 9.53 Å². The molecule has 10 heavy (non-hydrogen) atoms. The number of rotatable bonds is 1. The molecule has 3 nitrogen and oxygen atoms in total. The molecular formula is C6H9NO2S. The van der Waals surface area contributed by atoms with Gasteiger partial charge in [0.25, 0.3) is 5.91 Å². The molecule has 1 rings (SSSR count). The SMILES string of the molecule is CC(=S)C1OCN(C)C1=O. The second kappa shape index (κ2) is 2.64. The van der Waals surface area contributed by atoms with Crippen molar-refractivity contribution in [1.29, 1.82) is 0 Å². The van der Waals surface area contributed by atoms with Crippen LogP contribution in [0.3, 0.4) is 0 Å².